The quantitative estimate of drug-likeness (QED) is 0.814. The van der Waals surface area contributed by atoms with Gasteiger partial charge in [-0.1, -0.05) is 6.07 Å². The average Bonchev–Trinajstić information content (AvgIpc) is 2.71. The molecule has 0 radical (unpaired) electrons. The molecule has 1 N–H and O–H groups in total. The van der Waals surface area contributed by atoms with Crippen LogP contribution in [0.5, 0.6) is 5.88 Å². The molecule has 6 nitrogen and oxygen atoms in total. The summed E-state index contributed by atoms with van der Waals surface area (Å²) in [7, 11) is 0. The number of carbonyl (C=O) groups excluding carboxylic acids is 1. The largest absolute Gasteiger partial charge is 0.468 e. The molecule has 1 aliphatic heterocycles. The van der Waals surface area contributed by atoms with E-state index in [0.29, 0.717) is 6.54 Å². The van der Waals surface area contributed by atoms with Crippen molar-refractivity contribution in [2.24, 2.45) is 0 Å². The smallest absolute Gasteiger partial charge is 0.422 e. The number of rotatable bonds is 6. The first kappa shape index (κ1) is 19.9. The number of ether oxygens (including phenoxy) is 1. The second-order valence-corrected chi connectivity index (χ2v) is 6.51. The molecular weight excluding hydrogens is 373 g/mol. The third-order valence-electron chi connectivity index (χ3n) is 4.34. The summed E-state index contributed by atoms with van der Waals surface area (Å²) in [5.74, 6) is 0.313. The summed E-state index contributed by atoms with van der Waals surface area (Å²) in [6, 6.07) is 6.36. The molecule has 3 heterocycles. The first-order chi connectivity index (χ1) is 13.4. The van der Waals surface area contributed by atoms with Gasteiger partial charge in [0.2, 0.25) is 5.88 Å². The van der Waals surface area contributed by atoms with E-state index in [0.717, 1.165) is 37.3 Å². The van der Waals surface area contributed by atoms with Crippen LogP contribution in [-0.2, 0) is 6.54 Å². The van der Waals surface area contributed by atoms with Crippen molar-refractivity contribution in [3.05, 3.63) is 47.8 Å². The maximum absolute atomic E-state index is 12.3. The summed E-state index contributed by atoms with van der Waals surface area (Å²) in [6.07, 6.45) is 1.95. The van der Waals surface area contributed by atoms with E-state index < -0.39 is 12.8 Å². The van der Waals surface area contributed by atoms with Crippen molar-refractivity contribution < 1.29 is 22.7 Å². The van der Waals surface area contributed by atoms with Crippen LogP contribution >= 0.6 is 0 Å². The van der Waals surface area contributed by atoms with Crippen molar-refractivity contribution in [3.8, 4) is 5.88 Å². The number of hydrogen-bond acceptors (Lipinski definition) is 5. The molecular formula is C19H21F3N4O2. The van der Waals surface area contributed by atoms with E-state index >= 15 is 0 Å². The fourth-order valence-corrected chi connectivity index (χ4v) is 2.99. The molecule has 0 aromatic carbocycles. The minimum atomic E-state index is -4.44. The number of anilines is 1. The van der Waals surface area contributed by atoms with Gasteiger partial charge in [0.15, 0.2) is 6.61 Å². The number of piperidine rings is 1. The Labute approximate surface area is 160 Å². The van der Waals surface area contributed by atoms with E-state index in [1.54, 1.807) is 6.20 Å². The van der Waals surface area contributed by atoms with E-state index in [1.165, 1.54) is 24.8 Å². The Kier molecular flexibility index (Phi) is 6.33. The van der Waals surface area contributed by atoms with Gasteiger partial charge in [0, 0.05) is 43.7 Å². The Hall–Kier alpha value is -2.84. The van der Waals surface area contributed by atoms with Gasteiger partial charge in [-0.2, -0.15) is 13.2 Å². The van der Waals surface area contributed by atoms with Crippen LogP contribution in [0.15, 0.2) is 36.7 Å². The van der Waals surface area contributed by atoms with Gasteiger partial charge in [0.05, 0.1) is 5.56 Å². The number of hydrogen-bond donors (Lipinski definition) is 1. The van der Waals surface area contributed by atoms with E-state index in [-0.39, 0.29) is 17.4 Å². The Bertz CT molecular complexity index is 791. The van der Waals surface area contributed by atoms with Crippen molar-refractivity contribution >= 4 is 11.7 Å². The first-order valence-electron chi connectivity index (χ1n) is 9.05. The molecule has 1 aliphatic rings. The van der Waals surface area contributed by atoms with Gasteiger partial charge in [-0.3, -0.25) is 4.79 Å². The van der Waals surface area contributed by atoms with Crippen molar-refractivity contribution in [2.75, 3.05) is 24.6 Å². The molecule has 9 heteroatoms. The molecule has 1 amide bonds. The fraction of sp³-hybridized carbons (Fsp3) is 0.421. The van der Waals surface area contributed by atoms with Crippen LogP contribution in [0.3, 0.4) is 0 Å². The monoisotopic (exact) mass is 394 g/mol. The zero-order chi connectivity index (χ0) is 20.0. The van der Waals surface area contributed by atoms with Crippen LogP contribution in [0.1, 0.15) is 35.2 Å². The minimum absolute atomic E-state index is 0.187. The van der Waals surface area contributed by atoms with Crippen LogP contribution in [0.2, 0.25) is 0 Å². The molecule has 0 bridgehead atoms. The predicted molar refractivity (Wildman–Crippen MR) is 97.3 cm³/mol. The van der Waals surface area contributed by atoms with E-state index in [4.69, 9.17) is 0 Å². The van der Waals surface area contributed by atoms with Crippen molar-refractivity contribution in [1.82, 2.24) is 15.3 Å². The van der Waals surface area contributed by atoms with Gasteiger partial charge in [-0.25, -0.2) is 9.97 Å². The highest BCUT2D eigenvalue weighted by Crippen LogP contribution is 2.22. The summed E-state index contributed by atoms with van der Waals surface area (Å²) in [5, 5.41) is 2.80. The highest BCUT2D eigenvalue weighted by molar-refractivity contribution is 5.93. The van der Waals surface area contributed by atoms with Crippen LogP contribution in [-0.4, -0.2) is 41.7 Å². The molecule has 1 fully saturated rings. The summed E-state index contributed by atoms with van der Waals surface area (Å²) < 4.78 is 41.0. The van der Waals surface area contributed by atoms with Gasteiger partial charge >= 0.3 is 6.18 Å². The molecule has 2 aromatic rings. The van der Waals surface area contributed by atoms with E-state index in [2.05, 4.69) is 24.9 Å². The Morgan fingerprint density at radius 1 is 1.14 bits per heavy atom. The molecule has 2 aromatic heterocycles. The lowest BCUT2D eigenvalue weighted by atomic mass is 10.1. The molecule has 0 unspecified atom stereocenters. The number of pyridine rings is 2. The summed E-state index contributed by atoms with van der Waals surface area (Å²) in [6.45, 7) is 0.763. The molecule has 0 spiro atoms. The van der Waals surface area contributed by atoms with E-state index in [1.807, 2.05) is 12.1 Å². The second kappa shape index (κ2) is 8.90. The molecule has 150 valence electrons. The van der Waals surface area contributed by atoms with E-state index in [9.17, 15) is 18.0 Å². The van der Waals surface area contributed by atoms with Crippen LogP contribution in [0.25, 0.3) is 0 Å². The maximum Gasteiger partial charge on any atom is 0.422 e. The Morgan fingerprint density at radius 2 is 1.93 bits per heavy atom. The molecule has 0 saturated carbocycles. The first-order valence-corrected chi connectivity index (χ1v) is 9.05. The van der Waals surface area contributed by atoms with Gasteiger partial charge in [-0.05, 0) is 31.4 Å². The fourth-order valence-electron chi connectivity index (χ4n) is 2.99. The molecule has 28 heavy (non-hydrogen) atoms. The number of nitrogens with one attached hydrogen (secondary N) is 1. The zero-order valence-electron chi connectivity index (χ0n) is 15.2. The van der Waals surface area contributed by atoms with Crippen molar-refractivity contribution in [2.45, 2.75) is 32.0 Å². The molecule has 0 atom stereocenters. The number of alkyl halides is 3. The lowest BCUT2D eigenvalue weighted by Crippen LogP contribution is -2.32. The van der Waals surface area contributed by atoms with Crippen molar-refractivity contribution in [3.63, 3.8) is 0 Å². The second-order valence-electron chi connectivity index (χ2n) is 6.51. The molecule has 1 saturated heterocycles. The number of amides is 1. The summed E-state index contributed by atoms with van der Waals surface area (Å²) in [4.78, 5) is 22.8. The molecule has 3 rings (SSSR count). The SMILES string of the molecule is O=C(NCc1cccnc1N1CCCCC1)c1ccc(OCC(F)(F)F)nc1. The van der Waals surface area contributed by atoms with Crippen molar-refractivity contribution in [1.29, 1.82) is 0 Å². The third kappa shape index (κ3) is 5.58. The number of halogens is 3. The van der Waals surface area contributed by atoms with Gasteiger partial charge in [0.1, 0.15) is 5.82 Å². The van der Waals surface area contributed by atoms with Gasteiger partial charge < -0.3 is 15.0 Å². The minimum Gasteiger partial charge on any atom is -0.468 e. The average molecular weight is 394 g/mol. The lowest BCUT2D eigenvalue weighted by Gasteiger charge is -2.29. The zero-order valence-corrected chi connectivity index (χ0v) is 15.2. The number of nitrogens with zero attached hydrogens (tertiary/aromatic N) is 3. The van der Waals surface area contributed by atoms with Crippen LogP contribution in [0.4, 0.5) is 19.0 Å². The Balaban J connectivity index is 1.58. The number of aromatic nitrogens is 2. The normalized spacial score (nSPS) is 14.6. The lowest BCUT2D eigenvalue weighted by molar-refractivity contribution is -0.154. The predicted octanol–water partition coefficient (Wildman–Crippen LogP) is 3.34. The molecule has 0 aliphatic carbocycles. The summed E-state index contributed by atoms with van der Waals surface area (Å²) >= 11 is 0. The third-order valence-corrected chi connectivity index (χ3v) is 4.34. The Morgan fingerprint density at radius 3 is 2.61 bits per heavy atom. The van der Waals surface area contributed by atoms with Gasteiger partial charge in [-0.15, -0.1) is 0 Å². The standard InChI is InChI=1S/C19H21F3N4O2/c20-19(21,22)13-28-16-7-6-15(12-24-16)18(27)25-11-14-5-4-8-23-17(14)26-9-2-1-3-10-26/h4-8,12H,1-3,9-11,13H2,(H,25,27). The van der Waals surface area contributed by atoms with Crippen LogP contribution < -0.4 is 15.0 Å². The highest BCUT2D eigenvalue weighted by atomic mass is 19.4. The topological polar surface area (TPSA) is 67.4 Å². The van der Waals surface area contributed by atoms with Crippen LogP contribution in [0, 0.1) is 0 Å². The highest BCUT2D eigenvalue weighted by Gasteiger charge is 2.28. The number of carbonyl (C=O) groups is 1. The maximum atomic E-state index is 12.3. The van der Waals surface area contributed by atoms with Gasteiger partial charge in [0.25, 0.3) is 5.91 Å². The summed E-state index contributed by atoms with van der Waals surface area (Å²) in [5.41, 5.74) is 1.15.